The zero-order chi connectivity index (χ0) is 21.4. The number of benzene rings is 3. The Labute approximate surface area is 176 Å². The molecule has 1 N–H and O–H groups in total. The molecule has 7 heteroatoms. The van der Waals surface area contributed by atoms with Crippen LogP contribution in [0.2, 0.25) is 0 Å². The standard InChI is InChI=1S/C24H14FN5O/c25-18-7-10-22-20(12-18)21(24(31)27-22)11-15-1-5-17(6-2-15)23-14-30(29-28-23)19-8-3-16(13-26)4-9-19/h1-12,14H,(H,27,31)/b21-11-. The summed E-state index contributed by atoms with van der Waals surface area (Å²) in [6.07, 6.45) is 3.54. The Balaban J connectivity index is 1.41. The first-order chi connectivity index (χ1) is 15.1. The molecule has 148 valence electrons. The largest absolute Gasteiger partial charge is 0.321 e. The Morgan fingerprint density at radius 3 is 2.55 bits per heavy atom. The van der Waals surface area contributed by atoms with Crippen molar-refractivity contribution in [2.45, 2.75) is 0 Å². The van der Waals surface area contributed by atoms with Crippen LogP contribution in [0, 0.1) is 17.1 Å². The van der Waals surface area contributed by atoms with Gasteiger partial charge in [0.05, 0.1) is 23.5 Å². The molecule has 4 aromatic rings. The van der Waals surface area contributed by atoms with Gasteiger partial charge in [0.2, 0.25) is 0 Å². The third-order valence-corrected chi connectivity index (χ3v) is 5.04. The molecule has 0 spiro atoms. The molecule has 5 rings (SSSR count). The summed E-state index contributed by atoms with van der Waals surface area (Å²) in [5.74, 6) is -0.642. The van der Waals surface area contributed by atoms with Crippen molar-refractivity contribution in [2.24, 2.45) is 0 Å². The van der Waals surface area contributed by atoms with Crippen LogP contribution in [0.5, 0.6) is 0 Å². The second kappa shape index (κ2) is 7.35. The van der Waals surface area contributed by atoms with Crippen LogP contribution in [0.1, 0.15) is 16.7 Å². The fraction of sp³-hybridized carbons (Fsp3) is 0. The fourth-order valence-electron chi connectivity index (χ4n) is 3.43. The zero-order valence-corrected chi connectivity index (χ0v) is 16.1. The number of halogens is 1. The normalized spacial score (nSPS) is 13.7. The summed E-state index contributed by atoms with van der Waals surface area (Å²) >= 11 is 0. The minimum Gasteiger partial charge on any atom is -0.321 e. The number of carbonyl (C=O) groups is 1. The van der Waals surface area contributed by atoms with Crippen LogP contribution >= 0.6 is 0 Å². The van der Waals surface area contributed by atoms with E-state index >= 15 is 0 Å². The minimum absolute atomic E-state index is 0.255. The number of carbonyl (C=O) groups excluding carboxylic acids is 1. The van der Waals surface area contributed by atoms with Gasteiger partial charge in [0.15, 0.2) is 0 Å². The summed E-state index contributed by atoms with van der Waals surface area (Å²) in [5, 5.41) is 20.0. The van der Waals surface area contributed by atoms with Gasteiger partial charge in [0, 0.05) is 22.4 Å². The first kappa shape index (κ1) is 18.5. The maximum absolute atomic E-state index is 13.6. The van der Waals surface area contributed by atoms with Crippen molar-refractivity contribution in [2.75, 3.05) is 5.32 Å². The fourth-order valence-corrected chi connectivity index (χ4v) is 3.43. The molecule has 1 aromatic heterocycles. The van der Waals surface area contributed by atoms with Crippen LogP contribution in [-0.2, 0) is 4.79 Å². The van der Waals surface area contributed by atoms with E-state index in [0.29, 0.717) is 28.1 Å². The lowest BCUT2D eigenvalue weighted by molar-refractivity contribution is -0.110. The van der Waals surface area contributed by atoms with E-state index in [1.54, 1.807) is 47.3 Å². The molecule has 1 aliphatic heterocycles. The van der Waals surface area contributed by atoms with Crippen molar-refractivity contribution in [3.05, 3.63) is 95.4 Å². The number of nitrogens with zero attached hydrogens (tertiary/aromatic N) is 4. The van der Waals surface area contributed by atoms with Gasteiger partial charge in [-0.15, -0.1) is 5.10 Å². The van der Waals surface area contributed by atoms with E-state index in [2.05, 4.69) is 21.7 Å². The van der Waals surface area contributed by atoms with Crippen molar-refractivity contribution in [1.82, 2.24) is 15.0 Å². The number of hydrogen-bond donors (Lipinski definition) is 1. The third-order valence-electron chi connectivity index (χ3n) is 5.04. The van der Waals surface area contributed by atoms with Gasteiger partial charge >= 0.3 is 0 Å². The Morgan fingerprint density at radius 1 is 1.03 bits per heavy atom. The van der Waals surface area contributed by atoms with E-state index in [1.807, 2.05) is 24.3 Å². The number of amides is 1. The van der Waals surface area contributed by atoms with Crippen molar-refractivity contribution >= 4 is 23.2 Å². The molecule has 0 radical (unpaired) electrons. The first-order valence-electron chi connectivity index (χ1n) is 9.47. The van der Waals surface area contributed by atoms with Gasteiger partial charge in [0.25, 0.3) is 5.91 Å². The van der Waals surface area contributed by atoms with Gasteiger partial charge in [-0.2, -0.15) is 5.26 Å². The Kier molecular flexibility index (Phi) is 4.38. The number of rotatable bonds is 3. The summed E-state index contributed by atoms with van der Waals surface area (Å²) in [4.78, 5) is 12.3. The molecule has 0 fully saturated rings. The lowest BCUT2D eigenvalue weighted by atomic mass is 10.0. The predicted molar refractivity (Wildman–Crippen MR) is 114 cm³/mol. The molecule has 1 amide bonds. The van der Waals surface area contributed by atoms with Gasteiger partial charge < -0.3 is 5.32 Å². The van der Waals surface area contributed by atoms with Gasteiger partial charge in [-0.3, -0.25) is 4.79 Å². The minimum atomic E-state index is -0.387. The summed E-state index contributed by atoms with van der Waals surface area (Å²) in [6.45, 7) is 0. The monoisotopic (exact) mass is 407 g/mol. The quantitative estimate of drug-likeness (QED) is 0.509. The molecule has 31 heavy (non-hydrogen) atoms. The lowest BCUT2D eigenvalue weighted by Crippen LogP contribution is -2.03. The molecule has 0 aliphatic carbocycles. The number of nitriles is 1. The van der Waals surface area contributed by atoms with E-state index in [-0.39, 0.29) is 11.7 Å². The van der Waals surface area contributed by atoms with E-state index in [9.17, 15) is 9.18 Å². The van der Waals surface area contributed by atoms with Crippen LogP contribution < -0.4 is 5.32 Å². The van der Waals surface area contributed by atoms with Gasteiger partial charge in [-0.25, -0.2) is 9.07 Å². The van der Waals surface area contributed by atoms with Crippen LogP contribution in [0.15, 0.2) is 72.9 Å². The average Bonchev–Trinajstić information content (AvgIpc) is 3.40. The molecule has 0 atom stereocenters. The molecular formula is C24H14FN5O. The second-order valence-corrected chi connectivity index (χ2v) is 7.03. The predicted octanol–water partition coefficient (Wildman–Crippen LogP) is 4.44. The summed E-state index contributed by atoms with van der Waals surface area (Å²) in [7, 11) is 0. The Hall–Kier alpha value is -4.57. The highest BCUT2D eigenvalue weighted by Crippen LogP contribution is 2.33. The highest BCUT2D eigenvalue weighted by Gasteiger charge is 2.24. The Bertz CT molecular complexity index is 1380. The average molecular weight is 407 g/mol. The number of anilines is 1. The zero-order valence-electron chi connectivity index (χ0n) is 16.1. The van der Waals surface area contributed by atoms with Crippen molar-refractivity contribution < 1.29 is 9.18 Å². The van der Waals surface area contributed by atoms with E-state index < -0.39 is 0 Å². The van der Waals surface area contributed by atoms with Crippen LogP contribution in [-0.4, -0.2) is 20.9 Å². The van der Waals surface area contributed by atoms with E-state index in [4.69, 9.17) is 5.26 Å². The maximum atomic E-state index is 13.6. The van der Waals surface area contributed by atoms with Crippen LogP contribution in [0.25, 0.3) is 28.6 Å². The lowest BCUT2D eigenvalue weighted by Gasteiger charge is -2.01. The molecule has 0 saturated heterocycles. The first-order valence-corrected chi connectivity index (χ1v) is 9.47. The summed E-state index contributed by atoms with van der Waals surface area (Å²) < 4.78 is 15.2. The summed E-state index contributed by atoms with van der Waals surface area (Å²) in [5.41, 5.74) is 5.33. The molecule has 0 bridgehead atoms. The number of hydrogen-bond acceptors (Lipinski definition) is 4. The number of fused-ring (bicyclic) bond motifs is 1. The van der Waals surface area contributed by atoms with Gasteiger partial charge in [-0.05, 0) is 54.1 Å². The molecule has 1 aliphatic rings. The number of aromatic nitrogens is 3. The topological polar surface area (TPSA) is 83.6 Å². The highest BCUT2D eigenvalue weighted by atomic mass is 19.1. The molecule has 0 saturated carbocycles. The smallest absolute Gasteiger partial charge is 0.256 e. The van der Waals surface area contributed by atoms with E-state index in [0.717, 1.165) is 16.8 Å². The Morgan fingerprint density at radius 2 is 1.81 bits per heavy atom. The van der Waals surface area contributed by atoms with Crippen LogP contribution in [0.4, 0.5) is 10.1 Å². The van der Waals surface area contributed by atoms with Gasteiger partial charge in [0.1, 0.15) is 11.5 Å². The molecule has 2 heterocycles. The molecule has 3 aromatic carbocycles. The SMILES string of the molecule is N#Cc1ccc(-n2cc(-c3ccc(/C=C4\C(=O)Nc5ccc(F)cc54)cc3)nn2)cc1. The van der Waals surface area contributed by atoms with Crippen LogP contribution in [0.3, 0.4) is 0 Å². The molecule has 0 unspecified atom stereocenters. The third kappa shape index (κ3) is 3.47. The number of nitrogens with one attached hydrogen (secondary N) is 1. The van der Waals surface area contributed by atoms with Gasteiger partial charge in [-0.1, -0.05) is 29.5 Å². The second-order valence-electron chi connectivity index (χ2n) is 7.03. The summed E-state index contributed by atoms with van der Waals surface area (Å²) in [6, 6.07) is 20.9. The molecule has 6 nitrogen and oxygen atoms in total. The maximum Gasteiger partial charge on any atom is 0.256 e. The molecular weight excluding hydrogens is 393 g/mol. The van der Waals surface area contributed by atoms with Crippen molar-refractivity contribution in [1.29, 1.82) is 5.26 Å². The van der Waals surface area contributed by atoms with E-state index in [1.165, 1.54) is 12.1 Å². The van der Waals surface area contributed by atoms with Crippen molar-refractivity contribution in [3.8, 4) is 23.0 Å². The highest BCUT2D eigenvalue weighted by molar-refractivity contribution is 6.34. The van der Waals surface area contributed by atoms with Crippen molar-refractivity contribution in [3.63, 3.8) is 0 Å².